The van der Waals surface area contributed by atoms with Crippen molar-refractivity contribution in [2.45, 2.75) is 45.0 Å². The maximum absolute atomic E-state index is 11.3. The molecule has 0 aromatic heterocycles. The summed E-state index contributed by atoms with van der Waals surface area (Å²) in [6.07, 6.45) is 0. The molecule has 0 aromatic carbocycles. The fourth-order valence-electron chi connectivity index (χ4n) is 0.684. The van der Waals surface area contributed by atoms with Crippen molar-refractivity contribution in [1.29, 1.82) is 0 Å². The van der Waals surface area contributed by atoms with Crippen LogP contribution in [0.25, 0.3) is 0 Å². The number of rotatable bonds is 4. The monoisotopic (exact) mass is 219 g/mol. The Morgan fingerprint density at radius 2 is 1.79 bits per heavy atom. The molecule has 2 N–H and O–H groups in total. The van der Waals surface area contributed by atoms with Gasteiger partial charge in [-0.3, -0.25) is 4.79 Å². The standard InChI is InChI=1S/C10H21NO2S/c1-9(2,3)13-8(12)6-14-10(4,5)7-11/h6-7,11H2,1-5H3. The van der Waals surface area contributed by atoms with Gasteiger partial charge in [0, 0.05) is 11.3 Å². The van der Waals surface area contributed by atoms with Gasteiger partial charge in [-0.2, -0.15) is 0 Å². The molecule has 4 heteroatoms. The maximum atomic E-state index is 11.3. The lowest BCUT2D eigenvalue weighted by atomic mass is 10.2. The Morgan fingerprint density at radius 3 is 2.14 bits per heavy atom. The van der Waals surface area contributed by atoms with Crippen molar-refractivity contribution < 1.29 is 9.53 Å². The number of carbonyl (C=O) groups is 1. The second-order valence-electron chi connectivity index (χ2n) is 4.84. The molecule has 0 bridgehead atoms. The zero-order valence-electron chi connectivity index (χ0n) is 9.72. The summed E-state index contributed by atoms with van der Waals surface area (Å²) in [6.45, 7) is 10.2. The van der Waals surface area contributed by atoms with E-state index in [9.17, 15) is 4.79 Å². The highest BCUT2D eigenvalue weighted by Gasteiger charge is 2.21. The molecule has 0 atom stereocenters. The largest absolute Gasteiger partial charge is 0.459 e. The van der Waals surface area contributed by atoms with E-state index in [1.54, 1.807) is 0 Å². The second kappa shape index (κ2) is 5.03. The van der Waals surface area contributed by atoms with E-state index in [0.29, 0.717) is 12.3 Å². The number of hydrogen-bond acceptors (Lipinski definition) is 4. The van der Waals surface area contributed by atoms with E-state index in [1.165, 1.54) is 11.8 Å². The van der Waals surface area contributed by atoms with Crippen LogP contribution in [0.4, 0.5) is 0 Å². The van der Waals surface area contributed by atoms with Crippen LogP contribution in [0.1, 0.15) is 34.6 Å². The summed E-state index contributed by atoms with van der Waals surface area (Å²) in [7, 11) is 0. The Kier molecular flexibility index (Phi) is 4.95. The van der Waals surface area contributed by atoms with E-state index in [0.717, 1.165) is 0 Å². The molecule has 0 amide bonds. The highest BCUT2D eigenvalue weighted by Crippen LogP contribution is 2.23. The van der Waals surface area contributed by atoms with Gasteiger partial charge in [0.25, 0.3) is 0 Å². The van der Waals surface area contributed by atoms with Crippen LogP contribution in [0.2, 0.25) is 0 Å². The fraction of sp³-hybridized carbons (Fsp3) is 0.900. The van der Waals surface area contributed by atoms with Crippen LogP contribution in [0, 0.1) is 0 Å². The van der Waals surface area contributed by atoms with E-state index >= 15 is 0 Å². The Balaban J connectivity index is 3.87. The van der Waals surface area contributed by atoms with Crippen LogP contribution in [0.3, 0.4) is 0 Å². The van der Waals surface area contributed by atoms with Crippen molar-refractivity contribution in [1.82, 2.24) is 0 Å². The third-order valence-electron chi connectivity index (χ3n) is 1.49. The smallest absolute Gasteiger partial charge is 0.316 e. The topological polar surface area (TPSA) is 52.3 Å². The zero-order chi connectivity index (χ0) is 11.4. The van der Waals surface area contributed by atoms with Crippen molar-refractivity contribution in [3.8, 4) is 0 Å². The minimum Gasteiger partial charge on any atom is -0.459 e. The molecule has 0 aliphatic heterocycles. The van der Waals surface area contributed by atoms with Gasteiger partial charge in [0.1, 0.15) is 5.60 Å². The molecule has 0 saturated carbocycles. The SMILES string of the molecule is CC(C)(C)OC(=O)CSC(C)(C)CN. The summed E-state index contributed by atoms with van der Waals surface area (Å²) < 4.78 is 5.12. The van der Waals surface area contributed by atoms with Crippen molar-refractivity contribution in [2.75, 3.05) is 12.3 Å². The molecule has 0 heterocycles. The Morgan fingerprint density at radius 1 is 1.29 bits per heavy atom. The normalized spacial score (nSPS) is 12.7. The van der Waals surface area contributed by atoms with E-state index in [-0.39, 0.29) is 10.7 Å². The minimum atomic E-state index is -0.398. The molecule has 84 valence electrons. The molecule has 3 nitrogen and oxygen atoms in total. The molecule has 0 aromatic rings. The lowest BCUT2D eigenvalue weighted by molar-refractivity contribution is -0.151. The van der Waals surface area contributed by atoms with Crippen molar-refractivity contribution >= 4 is 17.7 Å². The number of thioether (sulfide) groups is 1. The summed E-state index contributed by atoms with van der Waals surface area (Å²) in [5.74, 6) is 0.186. The summed E-state index contributed by atoms with van der Waals surface area (Å²) in [4.78, 5) is 11.3. The van der Waals surface area contributed by atoms with Crippen LogP contribution in [-0.4, -0.2) is 28.6 Å². The number of nitrogens with two attached hydrogens (primary N) is 1. The van der Waals surface area contributed by atoms with Crippen molar-refractivity contribution in [3.63, 3.8) is 0 Å². The summed E-state index contributed by atoms with van der Waals surface area (Å²) in [5, 5.41) is 0. The molecular formula is C10H21NO2S. The number of esters is 1. The van der Waals surface area contributed by atoms with E-state index in [4.69, 9.17) is 10.5 Å². The van der Waals surface area contributed by atoms with E-state index in [2.05, 4.69) is 0 Å². The van der Waals surface area contributed by atoms with Gasteiger partial charge in [-0.1, -0.05) is 0 Å². The van der Waals surface area contributed by atoms with Gasteiger partial charge in [-0.15, -0.1) is 11.8 Å². The average Bonchev–Trinajstić information content (AvgIpc) is 1.98. The molecular weight excluding hydrogens is 198 g/mol. The molecule has 0 saturated heterocycles. The first-order valence-corrected chi connectivity index (χ1v) is 5.71. The Bertz CT molecular complexity index is 197. The second-order valence-corrected chi connectivity index (χ2v) is 6.52. The first kappa shape index (κ1) is 13.8. The quantitative estimate of drug-likeness (QED) is 0.733. The van der Waals surface area contributed by atoms with Gasteiger partial charge in [0.05, 0.1) is 5.75 Å². The molecule has 0 rings (SSSR count). The summed E-state index contributed by atoms with van der Waals surface area (Å²) in [6, 6.07) is 0. The van der Waals surface area contributed by atoms with Gasteiger partial charge in [-0.05, 0) is 34.6 Å². The molecule has 14 heavy (non-hydrogen) atoms. The first-order chi connectivity index (χ1) is 6.16. The molecule has 0 spiro atoms. The molecule has 0 radical (unpaired) electrons. The predicted octanol–water partition coefficient (Wildman–Crippen LogP) is 1.80. The summed E-state index contributed by atoms with van der Waals surface area (Å²) in [5.41, 5.74) is 5.15. The highest BCUT2D eigenvalue weighted by atomic mass is 32.2. The Labute approximate surface area is 90.8 Å². The fourth-order valence-corrected chi connectivity index (χ4v) is 1.37. The van der Waals surface area contributed by atoms with Crippen LogP contribution in [-0.2, 0) is 9.53 Å². The molecule has 0 aliphatic rings. The van der Waals surface area contributed by atoms with Crippen molar-refractivity contribution in [3.05, 3.63) is 0 Å². The van der Waals surface area contributed by atoms with E-state index in [1.807, 2.05) is 34.6 Å². The van der Waals surface area contributed by atoms with Crippen LogP contribution in [0.5, 0.6) is 0 Å². The minimum absolute atomic E-state index is 0.0586. The predicted molar refractivity (Wildman–Crippen MR) is 61.4 cm³/mol. The number of hydrogen-bond donors (Lipinski definition) is 1. The Hall–Kier alpha value is -0.220. The maximum Gasteiger partial charge on any atom is 0.316 e. The van der Waals surface area contributed by atoms with Gasteiger partial charge in [0.2, 0.25) is 0 Å². The van der Waals surface area contributed by atoms with E-state index < -0.39 is 5.60 Å². The van der Waals surface area contributed by atoms with Crippen LogP contribution < -0.4 is 5.73 Å². The number of ether oxygens (including phenoxy) is 1. The lowest BCUT2D eigenvalue weighted by Crippen LogP contribution is -2.30. The first-order valence-electron chi connectivity index (χ1n) is 4.72. The highest BCUT2D eigenvalue weighted by molar-refractivity contribution is 8.01. The van der Waals surface area contributed by atoms with Gasteiger partial charge in [-0.25, -0.2) is 0 Å². The molecule has 0 unspecified atom stereocenters. The molecule has 0 aliphatic carbocycles. The molecule has 0 fully saturated rings. The van der Waals surface area contributed by atoms with Crippen molar-refractivity contribution in [2.24, 2.45) is 5.73 Å². The third kappa shape index (κ3) is 7.21. The lowest BCUT2D eigenvalue weighted by Gasteiger charge is -2.23. The van der Waals surface area contributed by atoms with Crippen LogP contribution in [0.15, 0.2) is 0 Å². The number of carbonyl (C=O) groups excluding carboxylic acids is 1. The zero-order valence-corrected chi connectivity index (χ0v) is 10.5. The van der Waals surface area contributed by atoms with Gasteiger partial charge < -0.3 is 10.5 Å². The third-order valence-corrected chi connectivity index (χ3v) is 2.82. The van der Waals surface area contributed by atoms with Crippen LogP contribution >= 0.6 is 11.8 Å². The summed E-state index contributed by atoms with van der Waals surface area (Å²) >= 11 is 1.53. The average molecular weight is 219 g/mol. The van der Waals surface area contributed by atoms with Gasteiger partial charge in [0.15, 0.2) is 0 Å². The van der Waals surface area contributed by atoms with Gasteiger partial charge >= 0.3 is 5.97 Å².